The van der Waals surface area contributed by atoms with Crippen molar-refractivity contribution in [2.24, 2.45) is 10.9 Å². The minimum Gasteiger partial charge on any atom is -0.384 e. The summed E-state index contributed by atoms with van der Waals surface area (Å²) in [6.45, 7) is 1.78. The topological polar surface area (TPSA) is 49.3 Å². The van der Waals surface area contributed by atoms with E-state index >= 15 is 0 Å². The molecule has 1 saturated carbocycles. The zero-order chi connectivity index (χ0) is 18.1. The van der Waals surface area contributed by atoms with Crippen LogP contribution >= 0.6 is 0 Å². The van der Waals surface area contributed by atoms with Gasteiger partial charge in [0.1, 0.15) is 5.69 Å². The lowest BCUT2D eigenvalue weighted by molar-refractivity contribution is 0.580. The summed E-state index contributed by atoms with van der Waals surface area (Å²) in [5.74, 6) is 1.69. The maximum Gasteiger partial charge on any atom is 0.152 e. The Morgan fingerprint density at radius 1 is 1.00 bits per heavy atom. The fourth-order valence-electron chi connectivity index (χ4n) is 4.24. The lowest BCUT2D eigenvalue weighted by Crippen LogP contribution is -2.13. The molecule has 0 amide bonds. The number of rotatable bonds is 4. The van der Waals surface area contributed by atoms with Gasteiger partial charge in [-0.15, -0.1) is 0 Å². The quantitative estimate of drug-likeness (QED) is 0.675. The molecule has 1 fully saturated rings. The van der Waals surface area contributed by atoms with Crippen molar-refractivity contribution in [2.75, 3.05) is 17.2 Å². The summed E-state index contributed by atoms with van der Waals surface area (Å²) in [5.41, 5.74) is 4.42. The van der Waals surface area contributed by atoms with Gasteiger partial charge in [0.2, 0.25) is 0 Å². The van der Waals surface area contributed by atoms with E-state index < -0.39 is 0 Å². The summed E-state index contributed by atoms with van der Waals surface area (Å²) in [7, 11) is 0. The number of amidine groups is 1. The Morgan fingerprint density at radius 2 is 1.93 bits per heavy atom. The maximum atomic E-state index is 4.60. The van der Waals surface area contributed by atoms with Gasteiger partial charge in [0.05, 0.1) is 6.54 Å². The van der Waals surface area contributed by atoms with Gasteiger partial charge in [-0.2, -0.15) is 0 Å². The molecule has 4 heteroatoms. The van der Waals surface area contributed by atoms with Crippen LogP contribution in [0, 0.1) is 5.92 Å². The number of aliphatic imine (C=N–C) groups is 1. The normalized spacial score (nSPS) is 16.4. The van der Waals surface area contributed by atoms with Crippen molar-refractivity contribution in [3.63, 3.8) is 0 Å². The average Bonchev–Trinajstić information content (AvgIpc) is 3.36. The summed E-state index contributed by atoms with van der Waals surface area (Å²) in [6.07, 6.45) is 7.33. The highest BCUT2D eigenvalue weighted by molar-refractivity contribution is 6.10. The fourth-order valence-corrected chi connectivity index (χ4v) is 4.24. The monoisotopic (exact) mass is 356 g/mol. The molecule has 1 aromatic heterocycles. The van der Waals surface area contributed by atoms with E-state index in [4.69, 9.17) is 0 Å². The van der Waals surface area contributed by atoms with Crippen LogP contribution in [0.3, 0.4) is 0 Å². The Balaban J connectivity index is 1.36. The minimum absolute atomic E-state index is 0.703. The van der Waals surface area contributed by atoms with Crippen LogP contribution in [0.2, 0.25) is 0 Å². The molecule has 0 atom stereocenters. The summed E-state index contributed by atoms with van der Waals surface area (Å²) in [5, 5.41) is 9.64. The zero-order valence-electron chi connectivity index (χ0n) is 15.4. The number of hydrogen-bond donors (Lipinski definition) is 2. The smallest absolute Gasteiger partial charge is 0.152 e. The summed E-state index contributed by atoms with van der Waals surface area (Å²) in [6, 6.07) is 17.1. The number of benzene rings is 2. The highest BCUT2D eigenvalue weighted by Crippen LogP contribution is 2.29. The minimum atomic E-state index is 0.703. The van der Waals surface area contributed by atoms with E-state index in [9.17, 15) is 0 Å². The van der Waals surface area contributed by atoms with Crippen molar-refractivity contribution in [3.8, 4) is 0 Å². The number of nitrogens with one attached hydrogen (secondary N) is 2. The molecule has 2 aromatic carbocycles. The average molecular weight is 356 g/mol. The Bertz CT molecular complexity index is 1000. The van der Waals surface area contributed by atoms with E-state index in [2.05, 4.69) is 63.1 Å². The molecule has 4 nitrogen and oxygen atoms in total. The van der Waals surface area contributed by atoms with Crippen LogP contribution in [0.25, 0.3) is 10.8 Å². The standard InChI is InChI=1S/C23H24N4/c1-2-6-16(5-1)14-25-21-9-3-7-17-13-19(10-11-20(17)21)27-23-22-18(15-26-23)8-4-12-24-22/h3-4,7-13,16,25H,1-2,5-6,14-15H2,(H,26,27). The van der Waals surface area contributed by atoms with Crippen molar-refractivity contribution >= 4 is 28.0 Å². The summed E-state index contributed by atoms with van der Waals surface area (Å²) in [4.78, 5) is 9.07. The molecular weight excluding hydrogens is 332 g/mol. The molecule has 0 saturated heterocycles. The maximum absolute atomic E-state index is 4.60. The van der Waals surface area contributed by atoms with E-state index in [1.165, 1.54) is 47.7 Å². The first-order valence-electron chi connectivity index (χ1n) is 9.89. The molecule has 1 aliphatic carbocycles. The Kier molecular flexibility index (Phi) is 4.24. The zero-order valence-corrected chi connectivity index (χ0v) is 15.4. The third kappa shape index (κ3) is 3.27. The van der Waals surface area contributed by atoms with Gasteiger partial charge in [0, 0.05) is 35.1 Å². The number of aromatic nitrogens is 1. The molecule has 5 rings (SSSR count). The van der Waals surface area contributed by atoms with Gasteiger partial charge in [0.25, 0.3) is 0 Å². The van der Waals surface area contributed by atoms with Crippen molar-refractivity contribution in [3.05, 3.63) is 66.0 Å². The number of fused-ring (bicyclic) bond motifs is 2. The largest absolute Gasteiger partial charge is 0.384 e. The van der Waals surface area contributed by atoms with Crippen LogP contribution in [-0.2, 0) is 6.54 Å². The highest BCUT2D eigenvalue weighted by Gasteiger charge is 2.17. The van der Waals surface area contributed by atoms with Crippen LogP contribution < -0.4 is 10.6 Å². The first-order chi connectivity index (χ1) is 13.4. The molecule has 0 unspecified atom stereocenters. The summed E-state index contributed by atoms with van der Waals surface area (Å²) >= 11 is 0. The predicted molar refractivity (Wildman–Crippen MR) is 112 cm³/mol. The lowest BCUT2D eigenvalue weighted by Gasteiger charge is -2.15. The lowest BCUT2D eigenvalue weighted by atomic mass is 10.1. The molecule has 0 spiro atoms. The van der Waals surface area contributed by atoms with Crippen molar-refractivity contribution in [2.45, 2.75) is 32.2 Å². The molecule has 2 N–H and O–H groups in total. The van der Waals surface area contributed by atoms with Gasteiger partial charge < -0.3 is 10.6 Å². The molecule has 1 aliphatic heterocycles. The van der Waals surface area contributed by atoms with Gasteiger partial charge in [0.15, 0.2) is 5.84 Å². The highest BCUT2D eigenvalue weighted by atomic mass is 15.0. The molecule has 3 aromatic rings. The van der Waals surface area contributed by atoms with Gasteiger partial charge in [-0.05, 0) is 48.4 Å². The van der Waals surface area contributed by atoms with Crippen molar-refractivity contribution in [1.29, 1.82) is 0 Å². The Hall–Kier alpha value is -2.88. The molecule has 2 heterocycles. The molecule has 136 valence electrons. The first kappa shape index (κ1) is 16.3. The van der Waals surface area contributed by atoms with Crippen molar-refractivity contribution in [1.82, 2.24) is 4.98 Å². The van der Waals surface area contributed by atoms with Gasteiger partial charge in [-0.3, -0.25) is 9.98 Å². The van der Waals surface area contributed by atoms with Gasteiger partial charge >= 0.3 is 0 Å². The van der Waals surface area contributed by atoms with E-state index in [0.717, 1.165) is 29.7 Å². The van der Waals surface area contributed by atoms with Gasteiger partial charge in [-0.25, -0.2) is 0 Å². The van der Waals surface area contributed by atoms with Crippen LogP contribution in [-0.4, -0.2) is 17.4 Å². The SMILES string of the molecule is c1cnc2c(c1)CN=C2Nc1ccc2c(NCC3CCCC3)cccc2c1. The van der Waals surface area contributed by atoms with E-state index in [1.807, 2.05) is 12.3 Å². The Morgan fingerprint density at radius 3 is 2.85 bits per heavy atom. The van der Waals surface area contributed by atoms with Crippen LogP contribution in [0.15, 0.2) is 59.7 Å². The second-order valence-electron chi connectivity index (χ2n) is 7.57. The molecule has 0 bridgehead atoms. The molecule has 27 heavy (non-hydrogen) atoms. The summed E-state index contributed by atoms with van der Waals surface area (Å²) < 4.78 is 0. The third-order valence-corrected chi connectivity index (χ3v) is 5.72. The number of nitrogens with zero attached hydrogens (tertiary/aromatic N) is 2. The van der Waals surface area contributed by atoms with Gasteiger partial charge in [-0.1, -0.05) is 37.1 Å². The van der Waals surface area contributed by atoms with E-state index in [-0.39, 0.29) is 0 Å². The Labute approximate surface area is 159 Å². The third-order valence-electron chi connectivity index (χ3n) is 5.72. The predicted octanol–water partition coefficient (Wildman–Crippen LogP) is 5.21. The number of pyridine rings is 1. The van der Waals surface area contributed by atoms with Crippen LogP contribution in [0.5, 0.6) is 0 Å². The number of hydrogen-bond acceptors (Lipinski definition) is 4. The van der Waals surface area contributed by atoms with E-state index in [0.29, 0.717) is 6.54 Å². The number of anilines is 2. The molecule has 0 radical (unpaired) electrons. The fraction of sp³-hybridized carbons (Fsp3) is 0.304. The van der Waals surface area contributed by atoms with E-state index in [1.54, 1.807) is 0 Å². The second kappa shape index (κ2) is 7.03. The van der Waals surface area contributed by atoms with Crippen LogP contribution in [0.1, 0.15) is 36.9 Å². The second-order valence-corrected chi connectivity index (χ2v) is 7.57. The first-order valence-corrected chi connectivity index (χ1v) is 9.89. The van der Waals surface area contributed by atoms with Crippen molar-refractivity contribution < 1.29 is 0 Å². The molecule has 2 aliphatic rings. The van der Waals surface area contributed by atoms with Crippen LogP contribution in [0.4, 0.5) is 11.4 Å². The molecular formula is C23H24N4.